The van der Waals surface area contributed by atoms with Crippen molar-refractivity contribution in [2.24, 2.45) is 0 Å². The van der Waals surface area contributed by atoms with Crippen LogP contribution in [0.25, 0.3) is 0 Å². The molecule has 0 bridgehead atoms. The maximum Gasteiger partial charge on any atom is 0.409 e. The predicted octanol–water partition coefficient (Wildman–Crippen LogP) is 2.84. The number of benzene rings is 2. The molecule has 144 valence electrons. The lowest BCUT2D eigenvalue weighted by Crippen LogP contribution is -2.44. The Balaban J connectivity index is 2.09. The van der Waals surface area contributed by atoms with Crippen LogP contribution in [0.4, 0.5) is 21.9 Å². The van der Waals surface area contributed by atoms with E-state index < -0.39 is 11.0 Å². The lowest BCUT2D eigenvalue weighted by Gasteiger charge is -2.34. The Hall–Kier alpha value is -3.57. The van der Waals surface area contributed by atoms with Crippen molar-refractivity contribution in [2.75, 3.05) is 43.4 Å². The van der Waals surface area contributed by atoms with E-state index in [1.54, 1.807) is 0 Å². The molecule has 8 nitrogen and oxygen atoms in total. The Labute approximate surface area is 162 Å². The minimum atomic E-state index is -1.35. The van der Waals surface area contributed by atoms with Crippen molar-refractivity contribution in [1.29, 1.82) is 0 Å². The Morgan fingerprint density at radius 3 is 2.43 bits per heavy atom. The molecule has 0 radical (unpaired) electrons. The van der Waals surface area contributed by atoms with Crippen LogP contribution in [0.1, 0.15) is 11.1 Å². The molecule has 0 saturated carbocycles. The van der Waals surface area contributed by atoms with E-state index in [0.29, 0.717) is 11.3 Å². The Kier molecular flexibility index (Phi) is 5.77. The van der Waals surface area contributed by atoms with E-state index in [2.05, 4.69) is 27.0 Å². The van der Waals surface area contributed by atoms with Gasteiger partial charge in [-0.05, 0) is 25.2 Å². The summed E-state index contributed by atoms with van der Waals surface area (Å²) in [6, 6.07) is 12.2. The second kappa shape index (κ2) is 8.41. The fraction of sp³-hybridized carbons (Fsp3) is 0.250. The summed E-state index contributed by atoms with van der Waals surface area (Å²) in [5, 5.41) is 22.6. The van der Waals surface area contributed by atoms with Crippen LogP contribution in [0.15, 0.2) is 42.5 Å². The van der Waals surface area contributed by atoms with Gasteiger partial charge in [-0.25, -0.2) is 4.79 Å². The average Bonchev–Trinajstić information content (AvgIpc) is 2.67. The third-order valence-electron chi connectivity index (χ3n) is 4.51. The highest BCUT2D eigenvalue weighted by Gasteiger charge is 2.23. The van der Waals surface area contributed by atoms with Crippen molar-refractivity contribution in [3.05, 3.63) is 63.7 Å². The first-order chi connectivity index (χ1) is 13.4. The number of anilines is 2. The summed E-state index contributed by atoms with van der Waals surface area (Å²) in [6.45, 7) is 3.12. The van der Waals surface area contributed by atoms with E-state index in [1.807, 2.05) is 37.4 Å². The molecule has 1 aliphatic rings. The summed E-state index contributed by atoms with van der Waals surface area (Å²) in [5.74, 6) is 6.06. The van der Waals surface area contributed by atoms with Gasteiger partial charge in [0.15, 0.2) is 0 Å². The van der Waals surface area contributed by atoms with Crippen molar-refractivity contribution in [2.45, 2.75) is 0 Å². The van der Waals surface area contributed by atoms with Crippen LogP contribution in [-0.4, -0.2) is 54.2 Å². The van der Waals surface area contributed by atoms with Gasteiger partial charge in [0.25, 0.3) is 5.69 Å². The topological polar surface area (TPSA) is 99.0 Å². The summed E-state index contributed by atoms with van der Waals surface area (Å²) >= 11 is 0. The summed E-state index contributed by atoms with van der Waals surface area (Å²) in [6.07, 6.45) is -1.35. The molecule has 8 heteroatoms. The number of piperazine rings is 1. The van der Waals surface area contributed by atoms with E-state index >= 15 is 0 Å². The maximum atomic E-state index is 11.5. The fourth-order valence-electron chi connectivity index (χ4n) is 3.01. The number of nitro benzene ring substituents is 1. The molecule has 0 aromatic heterocycles. The average molecular weight is 380 g/mol. The first-order valence-electron chi connectivity index (χ1n) is 8.77. The number of nitro groups is 1. The SMILES string of the molecule is CN1CCN(c2cc(NC(=O)O)c([N+](=O)[O-])cc2C#Cc2ccccc2)CC1. The molecule has 1 amide bonds. The Bertz CT molecular complexity index is 942. The van der Waals surface area contributed by atoms with E-state index in [-0.39, 0.29) is 11.4 Å². The zero-order valence-corrected chi connectivity index (χ0v) is 15.4. The zero-order chi connectivity index (χ0) is 20.1. The van der Waals surface area contributed by atoms with Crippen molar-refractivity contribution < 1.29 is 14.8 Å². The molecule has 3 rings (SSSR count). The normalized spacial score (nSPS) is 14.1. The fourth-order valence-corrected chi connectivity index (χ4v) is 3.01. The van der Waals surface area contributed by atoms with Crippen molar-refractivity contribution in [1.82, 2.24) is 4.90 Å². The van der Waals surface area contributed by atoms with E-state index in [4.69, 9.17) is 5.11 Å². The highest BCUT2D eigenvalue weighted by atomic mass is 16.6. The van der Waals surface area contributed by atoms with Crippen LogP contribution < -0.4 is 10.2 Å². The van der Waals surface area contributed by atoms with Crippen LogP contribution in [-0.2, 0) is 0 Å². The summed E-state index contributed by atoms with van der Waals surface area (Å²) in [4.78, 5) is 26.2. The van der Waals surface area contributed by atoms with Crippen LogP contribution in [0, 0.1) is 22.0 Å². The number of likely N-dealkylation sites (N-methyl/N-ethyl adjacent to an activating group) is 1. The second-order valence-corrected chi connectivity index (χ2v) is 6.48. The van der Waals surface area contributed by atoms with Crippen molar-refractivity contribution >= 4 is 23.2 Å². The van der Waals surface area contributed by atoms with Crippen molar-refractivity contribution in [3.63, 3.8) is 0 Å². The number of rotatable bonds is 3. The molecule has 0 unspecified atom stereocenters. The molecule has 1 saturated heterocycles. The first-order valence-corrected chi connectivity index (χ1v) is 8.77. The minimum absolute atomic E-state index is 0.0586. The number of carboxylic acid groups (broad SMARTS) is 1. The smallest absolute Gasteiger partial charge is 0.409 e. The number of hydrogen-bond acceptors (Lipinski definition) is 5. The third-order valence-corrected chi connectivity index (χ3v) is 4.51. The quantitative estimate of drug-likeness (QED) is 0.483. The maximum absolute atomic E-state index is 11.5. The molecule has 0 spiro atoms. The largest absolute Gasteiger partial charge is 0.465 e. The zero-order valence-electron chi connectivity index (χ0n) is 15.4. The van der Waals surface area contributed by atoms with E-state index in [0.717, 1.165) is 31.7 Å². The molecule has 1 aliphatic heterocycles. The minimum Gasteiger partial charge on any atom is -0.465 e. The van der Waals surface area contributed by atoms with Crippen LogP contribution in [0.5, 0.6) is 0 Å². The van der Waals surface area contributed by atoms with Crippen LogP contribution in [0.2, 0.25) is 0 Å². The van der Waals surface area contributed by atoms with Gasteiger partial charge in [-0.2, -0.15) is 0 Å². The number of amides is 1. The predicted molar refractivity (Wildman–Crippen MR) is 107 cm³/mol. The van der Waals surface area contributed by atoms with E-state index in [1.165, 1.54) is 12.1 Å². The molecule has 28 heavy (non-hydrogen) atoms. The van der Waals surface area contributed by atoms with Gasteiger partial charge >= 0.3 is 6.09 Å². The van der Waals surface area contributed by atoms with Crippen LogP contribution >= 0.6 is 0 Å². The number of hydrogen-bond donors (Lipinski definition) is 2. The van der Waals surface area contributed by atoms with Crippen molar-refractivity contribution in [3.8, 4) is 11.8 Å². The Morgan fingerprint density at radius 1 is 1.14 bits per heavy atom. The van der Waals surface area contributed by atoms with Gasteiger partial charge in [-0.15, -0.1) is 0 Å². The van der Waals surface area contributed by atoms with Gasteiger partial charge < -0.3 is 14.9 Å². The Morgan fingerprint density at radius 2 is 1.82 bits per heavy atom. The van der Waals surface area contributed by atoms with Gasteiger partial charge in [-0.1, -0.05) is 30.0 Å². The molecule has 0 aliphatic carbocycles. The molecule has 2 aromatic rings. The number of carbonyl (C=O) groups is 1. The highest BCUT2D eigenvalue weighted by molar-refractivity contribution is 5.89. The van der Waals surface area contributed by atoms with Gasteiger partial charge in [0.05, 0.1) is 16.2 Å². The molecule has 1 heterocycles. The summed E-state index contributed by atoms with van der Waals surface area (Å²) in [7, 11) is 2.03. The monoisotopic (exact) mass is 380 g/mol. The number of nitrogens with zero attached hydrogens (tertiary/aromatic N) is 3. The first kappa shape index (κ1) is 19.2. The van der Waals surface area contributed by atoms with Crippen LogP contribution in [0.3, 0.4) is 0 Å². The molecule has 2 aromatic carbocycles. The van der Waals surface area contributed by atoms with E-state index in [9.17, 15) is 14.9 Å². The lowest BCUT2D eigenvalue weighted by molar-refractivity contribution is -0.383. The standard InChI is InChI=1S/C20H20N4O4/c1-22-9-11-23(12-10-22)18-14-17(21-20(25)26)19(24(27)28)13-16(18)8-7-15-5-3-2-4-6-15/h2-6,13-14,21H,9-12H2,1H3,(H,25,26). The second-order valence-electron chi connectivity index (χ2n) is 6.48. The highest BCUT2D eigenvalue weighted by Crippen LogP contribution is 2.33. The summed E-state index contributed by atoms with van der Waals surface area (Å²) in [5.41, 5.74) is 1.60. The molecular formula is C20H20N4O4. The number of nitrogens with one attached hydrogen (secondary N) is 1. The third kappa shape index (κ3) is 4.58. The molecular weight excluding hydrogens is 360 g/mol. The van der Waals surface area contributed by atoms with Gasteiger partial charge in [-0.3, -0.25) is 15.4 Å². The molecule has 2 N–H and O–H groups in total. The van der Waals surface area contributed by atoms with Gasteiger partial charge in [0.1, 0.15) is 5.69 Å². The lowest BCUT2D eigenvalue weighted by atomic mass is 10.1. The molecule has 1 fully saturated rings. The van der Waals surface area contributed by atoms with Gasteiger partial charge in [0.2, 0.25) is 0 Å². The van der Waals surface area contributed by atoms with Gasteiger partial charge in [0, 0.05) is 37.8 Å². The summed E-state index contributed by atoms with van der Waals surface area (Å²) < 4.78 is 0. The molecule has 0 atom stereocenters.